The zero-order valence-corrected chi connectivity index (χ0v) is 14.6. The van der Waals surface area contributed by atoms with Crippen LogP contribution in [0.2, 0.25) is 0 Å². The number of fused-ring (bicyclic) bond motifs is 3. The molecule has 0 aliphatic carbocycles. The number of pyridine rings is 1. The zero-order valence-electron chi connectivity index (χ0n) is 14.6. The first-order valence-electron chi connectivity index (χ1n) is 8.41. The molecule has 130 valence electrons. The number of hydrogen-bond acceptors (Lipinski definition) is 5. The number of benzene rings is 2. The van der Waals surface area contributed by atoms with Crippen LogP contribution >= 0.6 is 0 Å². The summed E-state index contributed by atoms with van der Waals surface area (Å²) < 4.78 is 6.84. The topological polar surface area (TPSA) is 83.0 Å². The van der Waals surface area contributed by atoms with E-state index in [4.69, 9.17) is 10.5 Å². The van der Waals surface area contributed by atoms with Crippen LogP contribution in [-0.4, -0.2) is 27.3 Å². The van der Waals surface area contributed by atoms with Gasteiger partial charge in [-0.25, -0.2) is 14.5 Å². The molecule has 0 fully saturated rings. The van der Waals surface area contributed by atoms with Gasteiger partial charge in [0.1, 0.15) is 16.9 Å². The summed E-state index contributed by atoms with van der Waals surface area (Å²) >= 11 is 0. The predicted octanol–water partition coefficient (Wildman–Crippen LogP) is 3.64. The molecule has 0 atom stereocenters. The number of aryl methyl sites for hydroxylation is 1. The van der Waals surface area contributed by atoms with Gasteiger partial charge in [-0.15, -0.1) is 0 Å². The lowest BCUT2D eigenvalue weighted by Gasteiger charge is -2.07. The maximum atomic E-state index is 12.7. The minimum Gasteiger partial charge on any atom is -0.461 e. The van der Waals surface area contributed by atoms with E-state index in [2.05, 4.69) is 10.1 Å². The molecule has 0 bridgehead atoms. The Morgan fingerprint density at radius 3 is 2.46 bits per heavy atom. The lowest BCUT2D eigenvalue weighted by atomic mass is 10.1. The fourth-order valence-electron chi connectivity index (χ4n) is 3.05. The maximum Gasteiger partial charge on any atom is 0.359 e. The first kappa shape index (κ1) is 16.1. The molecule has 0 saturated heterocycles. The van der Waals surface area contributed by atoms with Gasteiger partial charge in [0.15, 0.2) is 5.69 Å². The molecule has 4 rings (SSSR count). The summed E-state index contributed by atoms with van der Waals surface area (Å²) in [6.45, 7) is 4.04. The van der Waals surface area contributed by atoms with Crippen LogP contribution in [0, 0.1) is 6.92 Å². The summed E-state index contributed by atoms with van der Waals surface area (Å²) in [7, 11) is 0. The Kier molecular flexibility index (Phi) is 3.80. The van der Waals surface area contributed by atoms with E-state index >= 15 is 0 Å². The van der Waals surface area contributed by atoms with E-state index in [0.717, 1.165) is 22.0 Å². The Bertz CT molecular complexity index is 1130. The van der Waals surface area contributed by atoms with Crippen molar-refractivity contribution < 1.29 is 9.53 Å². The summed E-state index contributed by atoms with van der Waals surface area (Å²) in [5.74, 6) is -0.111. The van der Waals surface area contributed by atoms with Crippen LogP contribution in [0.15, 0.2) is 48.5 Å². The fourth-order valence-corrected chi connectivity index (χ4v) is 3.05. The highest BCUT2D eigenvalue weighted by molar-refractivity contribution is 6.13. The molecule has 0 aliphatic rings. The van der Waals surface area contributed by atoms with Gasteiger partial charge in [0, 0.05) is 10.8 Å². The standard InChI is InChI=1S/C20H18N4O2/c1-3-26-20(25)18-17-16(14-6-4-5-7-15(14)19(21)22-17)23-24(18)13-10-8-12(2)9-11-13/h4-11H,3H2,1-2H3,(H2,21,22). The third-order valence-electron chi connectivity index (χ3n) is 4.30. The normalized spacial score (nSPS) is 11.2. The molecule has 0 spiro atoms. The zero-order chi connectivity index (χ0) is 18.3. The van der Waals surface area contributed by atoms with E-state index in [-0.39, 0.29) is 12.3 Å². The lowest BCUT2D eigenvalue weighted by molar-refractivity contribution is 0.0518. The second-order valence-electron chi connectivity index (χ2n) is 6.06. The minimum absolute atomic E-state index is 0.266. The van der Waals surface area contributed by atoms with E-state index < -0.39 is 5.97 Å². The van der Waals surface area contributed by atoms with Crippen molar-refractivity contribution >= 4 is 33.6 Å². The fraction of sp³-hybridized carbons (Fsp3) is 0.150. The van der Waals surface area contributed by atoms with Gasteiger partial charge in [0.05, 0.1) is 12.3 Å². The molecule has 0 saturated carbocycles. The number of nitrogen functional groups attached to an aromatic ring is 1. The number of esters is 1. The average molecular weight is 346 g/mol. The average Bonchev–Trinajstić information content (AvgIpc) is 3.02. The van der Waals surface area contributed by atoms with Crippen LogP contribution in [0.1, 0.15) is 23.0 Å². The SMILES string of the molecule is CCOC(=O)c1c2nc(N)c3ccccc3c2nn1-c1ccc(C)cc1. The number of carbonyl (C=O) groups is 1. The molecule has 0 radical (unpaired) electrons. The van der Waals surface area contributed by atoms with Gasteiger partial charge < -0.3 is 10.5 Å². The van der Waals surface area contributed by atoms with Crippen LogP contribution < -0.4 is 5.73 Å². The number of carbonyl (C=O) groups excluding carboxylic acids is 1. The van der Waals surface area contributed by atoms with E-state index in [1.807, 2.05) is 55.5 Å². The van der Waals surface area contributed by atoms with Gasteiger partial charge in [-0.3, -0.25) is 0 Å². The molecule has 6 heteroatoms. The molecule has 0 aliphatic heterocycles. The predicted molar refractivity (Wildman–Crippen MR) is 101 cm³/mol. The number of aromatic nitrogens is 3. The molecule has 0 unspecified atom stereocenters. The van der Waals surface area contributed by atoms with Crippen molar-refractivity contribution in [1.82, 2.24) is 14.8 Å². The number of nitrogens with two attached hydrogens (primary N) is 1. The summed E-state index contributed by atoms with van der Waals surface area (Å²) in [4.78, 5) is 17.1. The highest BCUT2D eigenvalue weighted by Gasteiger charge is 2.24. The number of nitrogens with zero attached hydrogens (tertiary/aromatic N) is 3. The Morgan fingerprint density at radius 2 is 1.77 bits per heavy atom. The van der Waals surface area contributed by atoms with Gasteiger partial charge in [-0.1, -0.05) is 42.0 Å². The van der Waals surface area contributed by atoms with Crippen LogP contribution in [0.4, 0.5) is 5.82 Å². The molecule has 2 heterocycles. The summed E-state index contributed by atoms with van der Waals surface area (Å²) in [5, 5.41) is 6.35. The second kappa shape index (κ2) is 6.15. The molecular formula is C20H18N4O2. The van der Waals surface area contributed by atoms with Gasteiger partial charge in [0.2, 0.25) is 0 Å². The monoisotopic (exact) mass is 346 g/mol. The molecule has 26 heavy (non-hydrogen) atoms. The molecule has 6 nitrogen and oxygen atoms in total. The third-order valence-corrected chi connectivity index (χ3v) is 4.30. The Morgan fingerprint density at radius 1 is 1.08 bits per heavy atom. The largest absolute Gasteiger partial charge is 0.461 e. The van der Waals surface area contributed by atoms with Crippen molar-refractivity contribution in [3.8, 4) is 5.69 Å². The molecule has 2 aromatic heterocycles. The minimum atomic E-state index is -0.474. The third kappa shape index (κ3) is 2.47. The molecular weight excluding hydrogens is 328 g/mol. The number of anilines is 1. The van der Waals surface area contributed by atoms with Crippen molar-refractivity contribution in [2.24, 2.45) is 0 Å². The van der Waals surface area contributed by atoms with Gasteiger partial charge in [-0.05, 0) is 26.0 Å². The summed E-state index contributed by atoms with van der Waals surface area (Å²) in [5.41, 5.74) is 9.37. The summed E-state index contributed by atoms with van der Waals surface area (Å²) in [6, 6.07) is 15.4. The van der Waals surface area contributed by atoms with Crippen LogP contribution in [-0.2, 0) is 4.74 Å². The number of hydrogen-bond donors (Lipinski definition) is 1. The van der Waals surface area contributed by atoms with Crippen LogP contribution in [0.5, 0.6) is 0 Å². The van der Waals surface area contributed by atoms with Gasteiger partial charge >= 0.3 is 5.97 Å². The van der Waals surface area contributed by atoms with Crippen molar-refractivity contribution in [2.45, 2.75) is 13.8 Å². The Balaban J connectivity index is 2.10. The van der Waals surface area contributed by atoms with Gasteiger partial charge in [-0.2, -0.15) is 5.10 Å². The van der Waals surface area contributed by atoms with Crippen molar-refractivity contribution in [2.75, 3.05) is 12.3 Å². The smallest absolute Gasteiger partial charge is 0.359 e. The van der Waals surface area contributed by atoms with Crippen LogP contribution in [0.25, 0.3) is 27.5 Å². The van der Waals surface area contributed by atoms with Gasteiger partial charge in [0.25, 0.3) is 0 Å². The molecule has 4 aromatic rings. The van der Waals surface area contributed by atoms with E-state index in [0.29, 0.717) is 16.9 Å². The van der Waals surface area contributed by atoms with Crippen LogP contribution in [0.3, 0.4) is 0 Å². The maximum absolute atomic E-state index is 12.7. The first-order valence-corrected chi connectivity index (χ1v) is 8.41. The Labute approximate surface area is 150 Å². The Hall–Kier alpha value is -3.41. The van der Waals surface area contributed by atoms with E-state index in [1.165, 1.54) is 0 Å². The lowest BCUT2D eigenvalue weighted by Crippen LogP contribution is -2.12. The van der Waals surface area contributed by atoms with Crippen molar-refractivity contribution in [3.05, 3.63) is 59.8 Å². The second-order valence-corrected chi connectivity index (χ2v) is 6.06. The molecule has 0 amide bonds. The highest BCUT2D eigenvalue weighted by atomic mass is 16.5. The molecule has 2 aromatic carbocycles. The van der Waals surface area contributed by atoms with Crippen molar-refractivity contribution in [3.63, 3.8) is 0 Å². The molecule has 2 N–H and O–H groups in total. The first-order chi connectivity index (χ1) is 12.6. The number of ether oxygens (including phenoxy) is 1. The van der Waals surface area contributed by atoms with Crippen molar-refractivity contribution in [1.29, 1.82) is 0 Å². The number of rotatable bonds is 3. The quantitative estimate of drug-likeness (QED) is 0.573. The van der Waals surface area contributed by atoms with E-state index in [1.54, 1.807) is 11.6 Å². The van der Waals surface area contributed by atoms with E-state index in [9.17, 15) is 4.79 Å². The summed E-state index contributed by atoms with van der Waals surface area (Å²) in [6.07, 6.45) is 0. The highest BCUT2D eigenvalue weighted by Crippen LogP contribution is 2.30.